The van der Waals surface area contributed by atoms with Gasteiger partial charge in [-0.15, -0.1) is 9.47 Å². The van der Waals surface area contributed by atoms with Crippen molar-refractivity contribution in [3.63, 3.8) is 0 Å². The minimum atomic E-state index is -0.378. The lowest BCUT2D eigenvalue weighted by molar-refractivity contribution is -0.551. The average molecular weight is 349 g/mol. The molecule has 0 fully saturated rings. The van der Waals surface area contributed by atoms with Crippen LogP contribution in [0, 0.1) is 13.8 Å². The monoisotopic (exact) mass is 349 g/mol. The zero-order chi connectivity index (χ0) is 18.4. The molecule has 4 rings (SSSR count). The van der Waals surface area contributed by atoms with Gasteiger partial charge in [0.1, 0.15) is 11.4 Å². The third-order valence-electron chi connectivity index (χ3n) is 4.67. The van der Waals surface area contributed by atoms with Crippen LogP contribution in [0.25, 0.3) is 11.0 Å². The molecule has 2 heterocycles. The third kappa shape index (κ3) is 2.34. The Bertz CT molecular complexity index is 1060. The van der Waals surface area contributed by atoms with Gasteiger partial charge in [-0.25, -0.2) is 9.78 Å². The van der Waals surface area contributed by atoms with Crippen LogP contribution < -0.4 is 19.2 Å². The van der Waals surface area contributed by atoms with Crippen molar-refractivity contribution < 1.29 is 23.9 Å². The number of aromatic nitrogens is 2. The van der Waals surface area contributed by atoms with E-state index in [1.54, 1.807) is 30.5 Å². The molecule has 1 aromatic heterocycles. The predicted molar refractivity (Wildman–Crippen MR) is 95.4 cm³/mol. The number of nitrogens with zero attached hydrogens (tertiary/aromatic N) is 2. The maximum atomic E-state index is 13.1. The zero-order valence-corrected chi connectivity index (χ0v) is 14.9. The summed E-state index contributed by atoms with van der Waals surface area (Å²) in [5.41, 5.74) is 4.52. The highest BCUT2D eigenvalue weighted by molar-refractivity contribution is 6.21. The fourth-order valence-corrected chi connectivity index (χ4v) is 3.19. The Morgan fingerprint density at radius 2 is 1.77 bits per heavy atom. The number of aromatic amines is 1. The first-order valence-electron chi connectivity index (χ1n) is 8.50. The fraction of sp³-hybridized carbons (Fsp3) is 0.200. The van der Waals surface area contributed by atoms with E-state index in [4.69, 9.17) is 4.74 Å². The number of hydrogen-bond acceptors (Lipinski definition) is 3. The van der Waals surface area contributed by atoms with Crippen LogP contribution in [0.4, 0.5) is 10.5 Å². The highest BCUT2D eigenvalue weighted by Crippen LogP contribution is 2.24. The van der Waals surface area contributed by atoms with E-state index in [1.165, 1.54) is 9.47 Å². The number of H-pyrrole nitrogens is 1. The average Bonchev–Trinajstić information content (AvgIpc) is 2.88. The Balaban J connectivity index is 1.83. The van der Waals surface area contributed by atoms with Crippen LogP contribution in [0.3, 0.4) is 0 Å². The van der Waals surface area contributed by atoms with Crippen LogP contribution in [0.5, 0.6) is 5.75 Å². The maximum absolute atomic E-state index is 13.1. The van der Waals surface area contributed by atoms with Crippen LogP contribution in [0.1, 0.15) is 28.5 Å². The highest BCUT2D eigenvalue weighted by atomic mass is 16.5. The van der Waals surface area contributed by atoms with Crippen LogP contribution in [-0.2, 0) is 0 Å². The van der Waals surface area contributed by atoms with E-state index >= 15 is 0 Å². The molecule has 0 saturated carbocycles. The third-order valence-corrected chi connectivity index (χ3v) is 4.67. The summed E-state index contributed by atoms with van der Waals surface area (Å²) in [5, 5.41) is 0. The van der Waals surface area contributed by atoms with Gasteiger partial charge in [-0.3, -0.25) is 0 Å². The van der Waals surface area contributed by atoms with Crippen molar-refractivity contribution >= 4 is 28.7 Å². The number of imide groups is 1. The molecule has 1 aliphatic heterocycles. The molecule has 3 aromatic rings. The number of ether oxygens (including phenoxy) is 1. The number of carbonyl (C=O) groups excluding carboxylic acids is 2. The molecule has 0 unspecified atom stereocenters. The number of aryl methyl sites for hydroxylation is 2. The lowest BCUT2D eigenvalue weighted by Gasteiger charge is -2.06. The maximum Gasteiger partial charge on any atom is 0.512 e. The van der Waals surface area contributed by atoms with E-state index in [9.17, 15) is 9.59 Å². The van der Waals surface area contributed by atoms with E-state index in [1.807, 2.05) is 32.9 Å². The largest absolute Gasteiger partial charge is 0.512 e. The zero-order valence-electron chi connectivity index (χ0n) is 14.9. The molecule has 6 heteroatoms. The van der Waals surface area contributed by atoms with Crippen molar-refractivity contribution in [2.24, 2.45) is 0 Å². The van der Waals surface area contributed by atoms with Crippen molar-refractivity contribution in [3.8, 4) is 5.75 Å². The van der Waals surface area contributed by atoms with Crippen LogP contribution in [0.15, 0.2) is 42.6 Å². The smallest absolute Gasteiger partial charge is 0.494 e. The van der Waals surface area contributed by atoms with Gasteiger partial charge in [0.2, 0.25) is 11.7 Å². The molecule has 26 heavy (non-hydrogen) atoms. The summed E-state index contributed by atoms with van der Waals surface area (Å²) in [7, 11) is 0. The summed E-state index contributed by atoms with van der Waals surface area (Å²) < 4.78 is 6.89. The number of amides is 2. The first kappa shape index (κ1) is 16.2. The number of fused-ring (bicyclic) bond motifs is 3. The van der Waals surface area contributed by atoms with Gasteiger partial charge in [-0.1, -0.05) is 0 Å². The Morgan fingerprint density at radius 3 is 2.46 bits per heavy atom. The summed E-state index contributed by atoms with van der Waals surface area (Å²) in [6.07, 6.45) is 1.59. The number of carbonyl (C=O) groups is 2. The second kappa shape index (κ2) is 5.91. The van der Waals surface area contributed by atoms with E-state index in [-0.39, 0.29) is 11.9 Å². The van der Waals surface area contributed by atoms with Crippen molar-refractivity contribution in [1.82, 2.24) is 0 Å². The number of anilines is 1. The lowest BCUT2D eigenvalue weighted by atomic mass is 10.1. The minimum absolute atomic E-state index is 0.319. The van der Waals surface area contributed by atoms with Crippen LogP contribution >= 0.6 is 0 Å². The quantitative estimate of drug-likeness (QED) is 0.683. The molecule has 6 nitrogen and oxygen atoms in total. The summed E-state index contributed by atoms with van der Waals surface area (Å²) >= 11 is 0. The van der Waals surface area contributed by atoms with Crippen LogP contribution in [-0.4, -0.2) is 18.5 Å². The van der Waals surface area contributed by atoms with E-state index in [2.05, 4.69) is 4.98 Å². The molecule has 1 aliphatic rings. The van der Waals surface area contributed by atoms with Gasteiger partial charge >= 0.3 is 11.9 Å². The predicted octanol–water partition coefficient (Wildman–Crippen LogP) is 2.59. The van der Waals surface area contributed by atoms with Crippen LogP contribution in [0.2, 0.25) is 0 Å². The molecule has 1 N–H and O–H groups in total. The van der Waals surface area contributed by atoms with Gasteiger partial charge in [0, 0.05) is 6.07 Å². The second-order valence-corrected chi connectivity index (χ2v) is 6.31. The Morgan fingerprint density at radius 1 is 1.08 bits per heavy atom. The molecule has 0 saturated heterocycles. The first-order chi connectivity index (χ1) is 12.5. The molecule has 0 spiro atoms. The fourth-order valence-electron chi connectivity index (χ4n) is 3.19. The van der Waals surface area contributed by atoms with Gasteiger partial charge < -0.3 is 4.74 Å². The topological polar surface area (TPSA) is 64.6 Å². The normalized spacial score (nSPS) is 13.4. The summed E-state index contributed by atoms with van der Waals surface area (Å²) in [6.45, 7) is 6.46. The summed E-state index contributed by atoms with van der Waals surface area (Å²) in [4.78, 5) is 30.2. The SMILES string of the molecule is CCOc1ccc(N2C(=O)c3c[nH+]c4cc(C)c(C)cc4[n+]3C2=O)cc1. The highest BCUT2D eigenvalue weighted by Gasteiger charge is 2.49. The second-order valence-electron chi connectivity index (χ2n) is 6.31. The van der Waals surface area contributed by atoms with E-state index in [0.717, 1.165) is 16.6 Å². The molecule has 0 radical (unpaired) electrons. The lowest BCUT2D eigenvalue weighted by Crippen LogP contribution is -2.47. The molecular formula is C20H19N3O3+2. The van der Waals surface area contributed by atoms with Gasteiger partial charge in [0.15, 0.2) is 0 Å². The summed E-state index contributed by atoms with van der Waals surface area (Å²) in [6, 6.07) is 10.5. The van der Waals surface area contributed by atoms with Gasteiger partial charge in [-0.05, 0) is 62.2 Å². The van der Waals surface area contributed by atoms with E-state index in [0.29, 0.717) is 29.3 Å². The summed E-state index contributed by atoms with van der Waals surface area (Å²) in [5.74, 6) is 0.348. The standard InChI is InChI=1S/C20H18N3O3/c1-4-26-15-7-5-14(6-8-15)22-19(24)18-11-21-16-9-12(2)13(3)10-17(16)23(18)20(22)25/h5-11H,4H2,1-3H3/q+1/p+1. The van der Waals surface area contributed by atoms with Crippen molar-refractivity contribution in [2.75, 3.05) is 11.5 Å². The van der Waals surface area contributed by atoms with Crippen molar-refractivity contribution in [1.29, 1.82) is 0 Å². The Kier molecular flexibility index (Phi) is 3.68. The van der Waals surface area contributed by atoms with Gasteiger partial charge in [-0.2, -0.15) is 4.79 Å². The molecule has 0 bridgehead atoms. The minimum Gasteiger partial charge on any atom is -0.494 e. The number of benzene rings is 2. The Labute approximate surface area is 150 Å². The molecule has 130 valence electrons. The molecule has 0 aliphatic carbocycles. The number of rotatable bonds is 3. The van der Waals surface area contributed by atoms with Crippen molar-refractivity contribution in [3.05, 3.63) is 59.4 Å². The van der Waals surface area contributed by atoms with Gasteiger partial charge in [0.05, 0.1) is 6.61 Å². The van der Waals surface area contributed by atoms with Gasteiger partial charge in [0.25, 0.3) is 11.2 Å². The van der Waals surface area contributed by atoms with Crippen molar-refractivity contribution in [2.45, 2.75) is 20.8 Å². The Hall–Kier alpha value is -3.28. The first-order valence-corrected chi connectivity index (χ1v) is 8.50. The molecule has 2 aromatic carbocycles. The number of nitrogens with one attached hydrogen (secondary N) is 1. The number of hydrogen-bond donors (Lipinski definition) is 0. The molecule has 0 atom stereocenters. The van der Waals surface area contributed by atoms with E-state index < -0.39 is 0 Å². The molecular weight excluding hydrogens is 330 g/mol. The molecule has 2 amide bonds.